The first-order chi connectivity index (χ1) is 14.7. The normalized spacial score (nSPS) is 15.5. The molecule has 170 valence electrons. The molecule has 2 aromatic carbocycles. The van der Waals surface area contributed by atoms with Crippen molar-refractivity contribution >= 4 is 18.3 Å². The highest BCUT2D eigenvalue weighted by Gasteiger charge is 2.27. The predicted octanol–water partition coefficient (Wildman–Crippen LogP) is 4.01. The SMILES string of the molecule is CCN(CC)Cc1ccc(C(=O)N(CCc2ccccc2OC)C2CCNC2)cc1.Cl. The second-order valence-corrected chi connectivity index (χ2v) is 7.87. The van der Waals surface area contributed by atoms with Crippen molar-refractivity contribution in [3.63, 3.8) is 0 Å². The van der Waals surface area contributed by atoms with Gasteiger partial charge in [-0.3, -0.25) is 9.69 Å². The summed E-state index contributed by atoms with van der Waals surface area (Å²) >= 11 is 0. The van der Waals surface area contributed by atoms with Gasteiger partial charge in [0, 0.05) is 31.2 Å². The van der Waals surface area contributed by atoms with Crippen molar-refractivity contribution in [3.8, 4) is 5.75 Å². The summed E-state index contributed by atoms with van der Waals surface area (Å²) in [6, 6.07) is 16.5. The van der Waals surface area contributed by atoms with E-state index in [0.29, 0.717) is 6.54 Å². The van der Waals surface area contributed by atoms with Crippen LogP contribution in [0.4, 0.5) is 0 Å². The summed E-state index contributed by atoms with van der Waals surface area (Å²) in [5.41, 5.74) is 3.15. The highest BCUT2D eigenvalue weighted by molar-refractivity contribution is 5.94. The Hall–Kier alpha value is -2.08. The van der Waals surface area contributed by atoms with Crippen molar-refractivity contribution in [2.24, 2.45) is 0 Å². The molecule has 1 aliphatic heterocycles. The molecule has 0 aliphatic carbocycles. The van der Waals surface area contributed by atoms with Gasteiger partial charge in [0.25, 0.3) is 5.91 Å². The zero-order chi connectivity index (χ0) is 21.3. The van der Waals surface area contributed by atoms with Gasteiger partial charge in [-0.1, -0.05) is 44.2 Å². The van der Waals surface area contributed by atoms with E-state index in [4.69, 9.17) is 4.74 Å². The first-order valence-electron chi connectivity index (χ1n) is 11.1. The molecule has 3 rings (SSSR count). The van der Waals surface area contributed by atoms with Crippen LogP contribution in [0.3, 0.4) is 0 Å². The highest BCUT2D eigenvalue weighted by atomic mass is 35.5. The van der Waals surface area contributed by atoms with Gasteiger partial charge in [-0.25, -0.2) is 0 Å². The average Bonchev–Trinajstić information content (AvgIpc) is 3.32. The molecule has 1 saturated heterocycles. The number of halogens is 1. The predicted molar refractivity (Wildman–Crippen MR) is 129 cm³/mol. The average molecular weight is 446 g/mol. The van der Waals surface area contributed by atoms with Gasteiger partial charge < -0.3 is 15.0 Å². The summed E-state index contributed by atoms with van der Waals surface area (Å²) in [5, 5.41) is 3.40. The van der Waals surface area contributed by atoms with Crippen LogP contribution in [0, 0.1) is 0 Å². The van der Waals surface area contributed by atoms with Crippen molar-refractivity contribution in [2.45, 2.75) is 39.3 Å². The fraction of sp³-hybridized carbons (Fsp3) is 0.480. The molecule has 0 aromatic heterocycles. The summed E-state index contributed by atoms with van der Waals surface area (Å²) in [5.74, 6) is 1.00. The maximum atomic E-state index is 13.4. The zero-order valence-electron chi connectivity index (χ0n) is 19.0. The van der Waals surface area contributed by atoms with Crippen LogP contribution in [0.2, 0.25) is 0 Å². The minimum atomic E-state index is 0. The third kappa shape index (κ3) is 6.70. The van der Waals surface area contributed by atoms with Crippen LogP contribution in [-0.4, -0.2) is 61.6 Å². The van der Waals surface area contributed by atoms with E-state index in [2.05, 4.69) is 42.3 Å². The smallest absolute Gasteiger partial charge is 0.254 e. The summed E-state index contributed by atoms with van der Waals surface area (Å²) in [4.78, 5) is 17.8. The number of carbonyl (C=O) groups excluding carboxylic acids is 1. The third-order valence-electron chi connectivity index (χ3n) is 6.05. The van der Waals surface area contributed by atoms with Crippen molar-refractivity contribution in [1.82, 2.24) is 15.1 Å². The molecule has 1 N–H and O–H groups in total. The number of hydrogen-bond donors (Lipinski definition) is 1. The van der Waals surface area contributed by atoms with Gasteiger partial charge in [-0.05, 0) is 61.8 Å². The maximum absolute atomic E-state index is 13.4. The van der Waals surface area contributed by atoms with E-state index in [1.807, 2.05) is 35.2 Å². The molecule has 1 aliphatic rings. The molecule has 1 fully saturated rings. The summed E-state index contributed by atoms with van der Waals surface area (Å²) in [7, 11) is 1.70. The Morgan fingerprint density at radius 1 is 1.10 bits per heavy atom. The van der Waals surface area contributed by atoms with Gasteiger partial charge in [0.15, 0.2) is 0 Å². The fourth-order valence-electron chi connectivity index (χ4n) is 4.13. The second-order valence-electron chi connectivity index (χ2n) is 7.87. The maximum Gasteiger partial charge on any atom is 0.254 e. The van der Waals surface area contributed by atoms with Crippen molar-refractivity contribution in [3.05, 3.63) is 65.2 Å². The number of hydrogen-bond acceptors (Lipinski definition) is 4. The number of methoxy groups -OCH3 is 1. The molecule has 0 spiro atoms. The summed E-state index contributed by atoms with van der Waals surface area (Å²) < 4.78 is 5.49. The quantitative estimate of drug-likeness (QED) is 0.600. The van der Waals surface area contributed by atoms with Crippen LogP contribution in [0.5, 0.6) is 5.75 Å². The van der Waals surface area contributed by atoms with Crippen LogP contribution >= 0.6 is 12.4 Å². The molecule has 0 saturated carbocycles. The number of rotatable bonds is 10. The van der Waals surface area contributed by atoms with E-state index in [1.165, 1.54) is 5.56 Å². The number of carbonyl (C=O) groups is 1. The van der Waals surface area contributed by atoms with Gasteiger partial charge in [-0.15, -0.1) is 12.4 Å². The topological polar surface area (TPSA) is 44.8 Å². The Morgan fingerprint density at radius 2 is 1.81 bits per heavy atom. The van der Waals surface area contributed by atoms with Gasteiger partial charge in [0.2, 0.25) is 0 Å². The Kier molecular flexibility index (Phi) is 10.3. The van der Waals surface area contributed by atoms with Crippen LogP contribution in [0.15, 0.2) is 48.5 Å². The fourth-order valence-corrected chi connectivity index (χ4v) is 4.13. The molecule has 5 nitrogen and oxygen atoms in total. The number of nitrogens with zero attached hydrogens (tertiary/aromatic N) is 2. The van der Waals surface area contributed by atoms with Crippen LogP contribution in [0.25, 0.3) is 0 Å². The number of nitrogens with one attached hydrogen (secondary N) is 1. The Balaban J connectivity index is 0.00000341. The van der Waals surface area contributed by atoms with Crippen LogP contribution < -0.4 is 10.1 Å². The second kappa shape index (κ2) is 12.7. The Bertz CT molecular complexity index is 803. The first kappa shape index (κ1) is 25.2. The first-order valence-corrected chi connectivity index (χ1v) is 11.1. The lowest BCUT2D eigenvalue weighted by Crippen LogP contribution is -2.42. The highest BCUT2D eigenvalue weighted by Crippen LogP contribution is 2.21. The van der Waals surface area contributed by atoms with Crippen molar-refractivity contribution in [2.75, 3.05) is 39.8 Å². The molecule has 1 unspecified atom stereocenters. The Morgan fingerprint density at radius 3 is 2.42 bits per heavy atom. The van der Waals surface area contributed by atoms with E-state index in [-0.39, 0.29) is 24.4 Å². The molecule has 1 atom stereocenters. The molecule has 2 aromatic rings. The standard InChI is InChI=1S/C25H35N3O2.ClH/c1-4-27(5-2)19-20-10-12-22(13-11-20)25(29)28(23-14-16-26-18-23)17-15-21-8-6-7-9-24(21)30-3;/h6-13,23,26H,4-5,14-19H2,1-3H3;1H. The van der Waals surface area contributed by atoms with E-state index in [9.17, 15) is 4.79 Å². The summed E-state index contributed by atoms with van der Waals surface area (Å²) in [6.45, 7) is 9.85. The largest absolute Gasteiger partial charge is 0.496 e. The van der Waals surface area contributed by atoms with E-state index in [0.717, 1.165) is 62.4 Å². The minimum Gasteiger partial charge on any atom is -0.496 e. The lowest BCUT2D eigenvalue weighted by Gasteiger charge is -2.29. The molecule has 0 radical (unpaired) electrons. The molecule has 0 bridgehead atoms. The zero-order valence-corrected chi connectivity index (χ0v) is 19.8. The molecule has 1 amide bonds. The number of para-hydroxylation sites is 1. The number of ether oxygens (including phenoxy) is 1. The van der Waals surface area contributed by atoms with Crippen molar-refractivity contribution < 1.29 is 9.53 Å². The molecule has 31 heavy (non-hydrogen) atoms. The summed E-state index contributed by atoms with van der Waals surface area (Å²) in [6.07, 6.45) is 1.78. The van der Waals surface area contributed by atoms with Gasteiger partial charge in [0.05, 0.1) is 7.11 Å². The lowest BCUT2D eigenvalue weighted by atomic mass is 10.1. The van der Waals surface area contributed by atoms with Gasteiger partial charge >= 0.3 is 0 Å². The van der Waals surface area contributed by atoms with Crippen molar-refractivity contribution in [1.29, 1.82) is 0 Å². The number of amides is 1. The van der Waals surface area contributed by atoms with Gasteiger partial charge in [-0.2, -0.15) is 0 Å². The minimum absolute atomic E-state index is 0. The van der Waals surface area contributed by atoms with Crippen LogP contribution in [0.1, 0.15) is 41.8 Å². The molecule has 6 heteroatoms. The Labute approximate surface area is 193 Å². The molecular weight excluding hydrogens is 410 g/mol. The molecule has 1 heterocycles. The third-order valence-corrected chi connectivity index (χ3v) is 6.05. The number of benzene rings is 2. The van der Waals surface area contributed by atoms with Gasteiger partial charge in [0.1, 0.15) is 5.75 Å². The van der Waals surface area contributed by atoms with Crippen LogP contribution in [-0.2, 0) is 13.0 Å². The van der Waals surface area contributed by atoms with E-state index < -0.39 is 0 Å². The lowest BCUT2D eigenvalue weighted by molar-refractivity contribution is 0.0694. The monoisotopic (exact) mass is 445 g/mol. The van der Waals surface area contributed by atoms with E-state index >= 15 is 0 Å². The molecular formula is C25H36ClN3O2. The van der Waals surface area contributed by atoms with E-state index in [1.54, 1.807) is 7.11 Å².